The molecule has 0 saturated carbocycles. The van der Waals surface area contributed by atoms with Gasteiger partial charge in [0.25, 0.3) is 5.91 Å². The first kappa shape index (κ1) is 33.5. The number of hydrogen-bond acceptors (Lipinski definition) is 8. The highest BCUT2D eigenvalue weighted by molar-refractivity contribution is 9.10. The average Bonchev–Trinajstić information content (AvgIpc) is 3.49. The Balaban J connectivity index is 1.55. The van der Waals surface area contributed by atoms with E-state index in [0.29, 0.717) is 36.4 Å². The van der Waals surface area contributed by atoms with Crippen molar-refractivity contribution in [2.24, 2.45) is 10.1 Å². The van der Waals surface area contributed by atoms with Crippen LogP contribution >= 0.6 is 15.9 Å². The molecule has 1 aliphatic heterocycles. The van der Waals surface area contributed by atoms with Crippen LogP contribution in [0.15, 0.2) is 112 Å². The van der Waals surface area contributed by atoms with Crippen LogP contribution in [-0.4, -0.2) is 42.8 Å². The molecule has 4 aromatic carbocycles. The number of hydrogen-bond donors (Lipinski definition) is 3. The van der Waals surface area contributed by atoms with E-state index in [4.69, 9.17) is 29.8 Å². The topological polar surface area (TPSA) is 150 Å². The summed E-state index contributed by atoms with van der Waals surface area (Å²) in [5.74, 6) is 1.26. The van der Waals surface area contributed by atoms with Crippen molar-refractivity contribution >= 4 is 27.7 Å². The number of azide groups is 1. The zero-order valence-electron chi connectivity index (χ0n) is 25.8. The van der Waals surface area contributed by atoms with Crippen molar-refractivity contribution in [3.63, 3.8) is 0 Å². The first-order valence-electron chi connectivity index (χ1n) is 15.1. The van der Waals surface area contributed by atoms with Crippen LogP contribution < -0.4 is 20.3 Å². The van der Waals surface area contributed by atoms with Crippen molar-refractivity contribution < 1.29 is 24.1 Å². The Bertz CT molecular complexity index is 1740. The van der Waals surface area contributed by atoms with Gasteiger partial charge in [0.1, 0.15) is 11.5 Å². The summed E-state index contributed by atoms with van der Waals surface area (Å²) in [6.07, 6.45) is -0.164. The SMILES string of the molecule is COc1ccc(CNNC(=O)[C@@]2(Cc3ccccc3Br)N=C(c3ccc(OCCCO)cc3)O[C@H]2c2ccccc2CN=[N+]=[N-])cc1. The molecule has 12 heteroatoms. The first-order chi connectivity index (χ1) is 23.0. The number of carbonyl (C=O) groups excluding carboxylic acids is 1. The van der Waals surface area contributed by atoms with Crippen molar-refractivity contribution in [1.29, 1.82) is 0 Å². The normalized spacial score (nSPS) is 16.8. The van der Waals surface area contributed by atoms with Crippen LogP contribution in [0.2, 0.25) is 0 Å². The molecule has 47 heavy (non-hydrogen) atoms. The van der Waals surface area contributed by atoms with Crippen LogP contribution in [0, 0.1) is 0 Å². The molecule has 2 atom stereocenters. The molecule has 11 nitrogen and oxygen atoms in total. The highest BCUT2D eigenvalue weighted by Crippen LogP contribution is 2.44. The van der Waals surface area contributed by atoms with Gasteiger partial charge in [0.15, 0.2) is 11.6 Å². The van der Waals surface area contributed by atoms with E-state index < -0.39 is 17.6 Å². The van der Waals surface area contributed by atoms with Crippen LogP contribution in [0.3, 0.4) is 0 Å². The predicted octanol–water partition coefficient (Wildman–Crippen LogP) is 6.35. The maximum absolute atomic E-state index is 14.5. The predicted molar refractivity (Wildman–Crippen MR) is 182 cm³/mol. The minimum atomic E-state index is -1.48. The maximum atomic E-state index is 14.5. The molecule has 0 fully saturated rings. The second-order valence-corrected chi connectivity index (χ2v) is 11.7. The number of amides is 1. The second kappa shape index (κ2) is 16.1. The van der Waals surface area contributed by atoms with E-state index in [1.165, 1.54) is 0 Å². The van der Waals surface area contributed by atoms with E-state index in [2.05, 4.69) is 36.8 Å². The molecule has 0 saturated heterocycles. The zero-order chi connectivity index (χ0) is 33.1. The molecule has 0 aliphatic carbocycles. The van der Waals surface area contributed by atoms with Crippen LogP contribution in [0.5, 0.6) is 11.5 Å². The molecule has 5 rings (SSSR count). The third-order valence-electron chi connectivity index (χ3n) is 7.74. The van der Waals surface area contributed by atoms with E-state index in [9.17, 15) is 4.79 Å². The number of nitrogens with zero attached hydrogens (tertiary/aromatic N) is 4. The van der Waals surface area contributed by atoms with E-state index in [-0.39, 0.29) is 25.5 Å². The summed E-state index contributed by atoms with van der Waals surface area (Å²) in [4.78, 5) is 22.6. The number of aliphatic hydroxyl groups excluding tert-OH is 1. The van der Waals surface area contributed by atoms with E-state index in [1.54, 1.807) is 19.2 Å². The Morgan fingerprint density at radius 2 is 1.72 bits per heavy atom. The largest absolute Gasteiger partial charge is 0.497 e. The highest BCUT2D eigenvalue weighted by Gasteiger charge is 2.54. The Hall–Kier alpha value is -4.87. The van der Waals surface area contributed by atoms with E-state index in [1.807, 2.05) is 84.9 Å². The van der Waals surface area contributed by atoms with Gasteiger partial charge in [0.05, 0.1) is 20.3 Å². The van der Waals surface area contributed by atoms with Gasteiger partial charge in [0.2, 0.25) is 5.90 Å². The number of aliphatic imine (C=N–C) groups is 1. The van der Waals surface area contributed by atoms with Gasteiger partial charge in [-0.15, -0.1) is 0 Å². The van der Waals surface area contributed by atoms with Gasteiger partial charge in [-0.1, -0.05) is 75.6 Å². The Labute approximate surface area is 281 Å². The molecule has 0 bridgehead atoms. The van der Waals surface area contributed by atoms with Crippen LogP contribution in [-0.2, 0) is 29.0 Å². The monoisotopic (exact) mass is 698 g/mol. The van der Waals surface area contributed by atoms with Crippen LogP contribution in [0.1, 0.15) is 40.3 Å². The van der Waals surface area contributed by atoms with Gasteiger partial charge < -0.3 is 19.3 Å². The fourth-order valence-corrected chi connectivity index (χ4v) is 5.74. The quantitative estimate of drug-likeness (QED) is 0.0433. The number of aliphatic hydroxyl groups is 1. The molecule has 0 spiro atoms. The summed E-state index contributed by atoms with van der Waals surface area (Å²) in [5, 5.41) is 12.9. The lowest BCUT2D eigenvalue weighted by Gasteiger charge is -2.32. The van der Waals surface area contributed by atoms with E-state index in [0.717, 1.165) is 26.9 Å². The molecule has 1 amide bonds. The second-order valence-electron chi connectivity index (χ2n) is 10.8. The number of ether oxygens (including phenoxy) is 3. The third kappa shape index (κ3) is 8.11. The molecule has 3 N–H and O–H groups in total. The number of carbonyl (C=O) groups is 1. The summed E-state index contributed by atoms with van der Waals surface area (Å²) in [5.41, 5.74) is 17.5. The van der Waals surface area contributed by atoms with Gasteiger partial charge in [0, 0.05) is 40.9 Å². The number of benzene rings is 4. The van der Waals surface area contributed by atoms with Crippen molar-refractivity contribution in [3.8, 4) is 11.5 Å². The van der Waals surface area contributed by atoms with Gasteiger partial charge in [-0.2, -0.15) is 0 Å². The van der Waals surface area contributed by atoms with Gasteiger partial charge in [-0.25, -0.2) is 10.4 Å². The standard InChI is InChI=1S/C35H35BrN6O5/c1-45-28-15-11-24(12-16-28)22-38-41-34(44)35(21-26-7-3-5-10-31(26)36)32(30-9-4-2-8-27(30)23-39-42-37)47-33(40-35)25-13-17-29(18-14-25)46-20-6-19-43/h2-5,7-18,32,38,43H,6,19-23H2,1H3,(H,41,44)/t32-,35-/m0/s1. The van der Waals surface area contributed by atoms with Crippen LogP contribution in [0.25, 0.3) is 10.4 Å². The molecule has 1 aliphatic rings. The molecular formula is C35H35BrN6O5. The third-order valence-corrected chi connectivity index (χ3v) is 8.52. The summed E-state index contributed by atoms with van der Waals surface area (Å²) in [6.45, 7) is 0.857. The summed E-state index contributed by atoms with van der Waals surface area (Å²) in [7, 11) is 1.61. The van der Waals surface area contributed by atoms with E-state index >= 15 is 0 Å². The van der Waals surface area contributed by atoms with Gasteiger partial charge >= 0.3 is 0 Å². The number of methoxy groups -OCH3 is 1. The van der Waals surface area contributed by atoms with Crippen molar-refractivity contribution in [2.45, 2.75) is 37.6 Å². The molecule has 242 valence electrons. The van der Waals surface area contributed by atoms with Gasteiger partial charge in [-0.05, 0) is 70.2 Å². The van der Waals surface area contributed by atoms with Crippen LogP contribution in [0.4, 0.5) is 0 Å². The minimum Gasteiger partial charge on any atom is -0.497 e. The lowest BCUT2D eigenvalue weighted by atomic mass is 9.80. The Morgan fingerprint density at radius 3 is 2.43 bits per heavy atom. The lowest BCUT2D eigenvalue weighted by Crippen LogP contribution is -2.53. The Morgan fingerprint density at radius 1 is 1.02 bits per heavy atom. The van der Waals surface area contributed by atoms with Crippen molar-refractivity contribution in [2.75, 3.05) is 20.3 Å². The fraction of sp³-hybridized carbons (Fsp3) is 0.257. The van der Waals surface area contributed by atoms with Crippen molar-refractivity contribution in [3.05, 3.63) is 140 Å². The number of halogens is 1. The Kier molecular flexibility index (Phi) is 11.5. The number of nitrogens with one attached hydrogen (secondary N) is 2. The molecule has 0 radical (unpaired) electrons. The summed E-state index contributed by atoms with van der Waals surface area (Å²) >= 11 is 3.66. The maximum Gasteiger partial charge on any atom is 0.266 e. The zero-order valence-corrected chi connectivity index (χ0v) is 27.4. The fourth-order valence-electron chi connectivity index (χ4n) is 5.31. The van der Waals surface area contributed by atoms with Crippen molar-refractivity contribution in [1.82, 2.24) is 10.9 Å². The molecular weight excluding hydrogens is 664 g/mol. The molecule has 0 unspecified atom stereocenters. The number of rotatable bonds is 15. The average molecular weight is 700 g/mol. The first-order valence-corrected chi connectivity index (χ1v) is 15.9. The summed E-state index contributed by atoms with van der Waals surface area (Å²) < 4.78 is 18.4. The minimum absolute atomic E-state index is 0.0436. The molecule has 0 aromatic heterocycles. The smallest absolute Gasteiger partial charge is 0.266 e. The summed E-state index contributed by atoms with van der Waals surface area (Å²) in [6, 6.07) is 29.9. The highest BCUT2D eigenvalue weighted by atomic mass is 79.9. The number of hydrazine groups is 1. The molecule has 4 aromatic rings. The van der Waals surface area contributed by atoms with Gasteiger partial charge in [-0.3, -0.25) is 10.2 Å². The molecule has 1 heterocycles. The lowest BCUT2D eigenvalue weighted by molar-refractivity contribution is -0.130.